The third kappa shape index (κ3) is 3.68. The first-order chi connectivity index (χ1) is 14.1. The zero-order valence-corrected chi connectivity index (χ0v) is 18.2. The SMILES string of the molecule is COc1ccc(CNc2nccn3c(C)c(Br)c(-c4ccc(OC)cc4)c23)cc1. The van der Waals surface area contributed by atoms with Crippen LogP contribution in [0, 0.1) is 6.92 Å². The Morgan fingerprint density at radius 2 is 1.59 bits per heavy atom. The smallest absolute Gasteiger partial charge is 0.151 e. The second-order valence-electron chi connectivity index (χ2n) is 6.70. The molecule has 4 rings (SSSR count). The summed E-state index contributed by atoms with van der Waals surface area (Å²) in [7, 11) is 3.35. The Bertz CT molecular complexity index is 1140. The number of ether oxygens (including phenoxy) is 2. The molecule has 0 unspecified atom stereocenters. The number of anilines is 1. The molecule has 0 atom stereocenters. The van der Waals surface area contributed by atoms with Gasteiger partial charge in [-0.25, -0.2) is 4.98 Å². The lowest BCUT2D eigenvalue weighted by atomic mass is 10.1. The molecule has 2 heterocycles. The van der Waals surface area contributed by atoms with E-state index in [1.165, 1.54) is 0 Å². The average Bonchev–Trinajstić information content (AvgIpc) is 3.03. The van der Waals surface area contributed by atoms with Gasteiger partial charge in [0.2, 0.25) is 0 Å². The minimum atomic E-state index is 0.667. The van der Waals surface area contributed by atoms with Crippen LogP contribution in [0.1, 0.15) is 11.3 Å². The van der Waals surface area contributed by atoms with Crippen molar-refractivity contribution in [2.45, 2.75) is 13.5 Å². The van der Waals surface area contributed by atoms with E-state index < -0.39 is 0 Å². The number of hydrogen-bond donors (Lipinski definition) is 1. The molecule has 0 saturated heterocycles. The van der Waals surface area contributed by atoms with E-state index in [1.807, 2.05) is 36.7 Å². The molecule has 4 aromatic rings. The van der Waals surface area contributed by atoms with Gasteiger partial charge in [-0.3, -0.25) is 0 Å². The number of aryl methyl sites for hydroxylation is 1. The van der Waals surface area contributed by atoms with Crippen molar-refractivity contribution in [3.63, 3.8) is 0 Å². The monoisotopic (exact) mass is 451 g/mol. The third-order valence-electron chi connectivity index (χ3n) is 5.02. The van der Waals surface area contributed by atoms with Gasteiger partial charge in [-0.05, 0) is 58.2 Å². The Morgan fingerprint density at radius 1 is 0.966 bits per heavy atom. The quantitative estimate of drug-likeness (QED) is 0.408. The number of rotatable bonds is 6. The number of nitrogens with one attached hydrogen (secondary N) is 1. The minimum absolute atomic E-state index is 0.667. The van der Waals surface area contributed by atoms with Gasteiger partial charge in [-0.1, -0.05) is 24.3 Å². The molecule has 1 N–H and O–H groups in total. The Kier molecular flexibility index (Phi) is 5.45. The van der Waals surface area contributed by atoms with Crippen LogP contribution in [-0.2, 0) is 6.54 Å². The number of methoxy groups -OCH3 is 2. The summed E-state index contributed by atoms with van der Waals surface area (Å²) in [6.07, 6.45) is 3.81. The third-order valence-corrected chi connectivity index (χ3v) is 5.99. The molecule has 0 amide bonds. The highest BCUT2D eigenvalue weighted by atomic mass is 79.9. The topological polar surface area (TPSA) is 47.8 Å². The molecule has 5 nitrogen and oxygen atoms in total. The molecule has 2 aromatic heterocycles. The normalized spacial score (nSPS) is 10.9. The molecule has 2 aromatic carbocycles. The molecule has 0 fully saturated rings. The predicted octanol–water partition coefficient (Wildman–Crippen LogP) is 5.70. The van der Waals surface area contributed by atoms with Crippen molar-refractivity contribution in [1.29, 1.82) is 0 Å². The average molecular weight is 452 g/mol. The first kappa shape index (κ1) is 19.3. The van der Waals surface area contributed by atoms with Gasteiger partial charge < -0.3 is 19.2 Å². The lowest BCUT2D eigenvalue weighted by Crippen LogP contribution is -2.04. The highest BCUT2D eigenvalue weighted by molar-refractivity contribution is 9.10. The fourth-order valence-corrected chi connectivity index (χ4v) is 4.02. The van der Waals surface area contributed by atoms with E-state index in [-0.39, 0.29) is 0 Å². The van der Waals surface area contributed by atoms with Crippen molar-refractivity contribution in [2.75, 3.05) is 19.5 Å². The second kappa shape index (κ2) is 8.17. The van der Waals surface area contributed by atoms with Gasteiger partial charge >= 0.3 is 0 Å². The predicted molar refractivity (Wildman–Crippen MR) is 120 cm³/mol. The molecule has 0 spiro atoms. The first-order valence-corrected chi connectivity index (χ1v) is 10.1. The van der Waals surface area contributed by atoms with Crippen molar-refractivity contribution in [2.24, 2.45) is 0 Å². The van der Waals surface area contributed by atoms with Crippen LogP contribution in [0.2, 0.25) is 0 Å². The van der Waals surface area contributed by atoms with Crippen LogP contribution in [0.4, 0.5) is 5.82 Å². The van der Waals surface area contributed by atoms with Gasteiger partial charge in [0.05, 0.1) is 19.7 Å². The van der Waals surface area contributed by atoms with Crippen LogP contribution in [0.15, 0.2) is 65.4 Å². The Morgan fingerprint density at radius 3 is 2.21 bits per heavy atom. The summed E-state index contributed by atoms with van der Waals surface area (Å²) < 4.78 is 13.8. The maximum Gasteiger partial charge on any atom is 0.151 e. The highest BCUT2D eigenvalue weighted by Gasteiger charge is 2.19. The van der Waals surface area contributed by atoms with Gasteiger partial charge in [0, 0.05) is 34.7 Å². The molecule has 29 heavy (non-hydrogen) atoms. The fraction of sp³-hybridized carbons (Fsp3) is 0.174. The van der Waals surface area contributed by atoms with Gasteiger partial charge in [0.25, 0.3) is 0 Å². The summed E-state index contributed by atoms with van der Waals surface area (Å²) in [6.45, 7) is 2.76. The summed E-state index contributed by atoms with van der Waals surface area (Å²) in [5.74, 6) is 2.52. The molecule has 0 bridgehead atoms. The van der Waals surface area contributed by atoms with Crippen LogP contribution in [-0.4, -0.2) is 23.6 Å². The maximum atomic E-state index is 5.31. The van der Waals surface area contributed by atoms with Crippen LogP contribution in [0.25, 0.3) is 16.6 Å². The van der Waals surface area contributed by atoms with Gasteiger partial charge in [0.1, 0.15) is 11.5 Å². The van der Waals surface area contributed by atoms with E-state index in [2.05, 4.69) is 61.8 Å². The minimum Gasteiger partial charge on any atom is -0.497 e. The largest absolute Gasteiger partial charge is 0.497 e. The summed E-state index contributed by atoms with van der Waals surface area (Å²) in [5.41, 5.74) is 5.53. The molecular weight excluding hydrogens is 430 g/mol. The lowest BCUT2D eigenvalue weighted by Gasteiger charge is -2.11. The Balaban J connectivity index is 1.74. The van der Waals surface area contributed by atoms with Crippen molar-refractivity contribution in [3.05, 3.63) is 76.7 Å². The first-order valence-electron chi connectivity index (χ1n) is 9.28. The van der Waals surface area contributed by atoms with Gasteiger partial charge in [-0.2, -0.15) is 0 Å². The van der Waals surface area contributed by atoms with E-state index in [1.54, 1.807) is 14.2 Å². The number of nitrogens with zero attached hydrogens (tertiary/aromatic N) is 2. The standard InChI is InChI=1S/C23H22BrN3O2/c1-15-21(24)20(17-6-10-19(29-3)11-7-17)22-23(25-12-13-27(15)22)26-14-16-4-8-18(28-2)9-5-16/h4-13H,14H2,1-3H3,(H,25,26). The van der Waals surface area contributed by atoms with Crippen LogP contribution >= 0.6 is 15.9 Å². The highest BCUT2D eigenvalue weighted by Crippen LogP contribution is 2.40. The second-order valence-corrected chi connectivity index (χ2v) is 7.49. The van der Waals surface area contributed by atoms with E-state index in [4.69, 9.17) is 9.47 Å². The molecule has 0 aliphatic rings. The van der Waals surface area contributed by atoms with E-state index >= 15 is 0 Å². The number of hydrogen-bond acceptors (Lipinski definition) is 4. The molecule has 0 radical (unpaired) electrons. The number of fused-ring (bicyclic) bond motifs is 1. The number of aromatic nitrogens is 2. The summed E-state index contributed by atoms with van der Waals surface area (Å²) in [5, 5.41) is 3.50. The molecule has 0 aliphatic heterocycles. The van der Waals surface area contributed by atoms with Crippen molar-refractivity contribution in [1.82, 2.24) is 9.38 Å². The fourth-order valence-electron chi connectivity index (χ4n) is 3.41. The van der Waals surface area contributed by atoms with Gasteiger partial charge in [0.15, 0.2) is 5.82 Å². The number of benzene rings is 2. The van der Waals surface area contributed by atoms with Crippen molar-refractivity contribution >= 4 is 27.3 Å². The zero-order chi connectivity index (χ0) is 20.4. The van der Waals surface area contributed by atoms with E-state index in [0.717, 1.165) is 49.7 Å². The maximum absolute atomic E-state index is 5.31. The number of halogens is 1. The molecule has 148 valence electrons. The van der Waals surface area contributed by atoms with Crippen molar-refractivity contribution in [3.8, 4) is 22.6 Å². The van der Waals surface area contributed by atoms with Gasteiger partial charge in [-0.15, -0.1) is 0 Å². The van der Waals surface area contributed by atoms with Crippen LogP contribution in [0.3, 0.4) is 0 Å². The van der Waals surface area contributed by atoms with E-state index in [9.17, 15) is 0 Å². The summed E-state index contributed by atoms with van der Waals surface area (Å²) in [6, 6.07) is 16.1. The van der Waals surface area contributed by atoms with Crippen LogP contribution in [0.5, 0.6) is 11.5 Å². The zero-order valence-electron chi connectivity index (χ0n) is 16.6. The molecule has 6 heteroatoms. The van der Waals surface area contributed by atoms with Crippen molar-refractivity contribution < 1.29 is 9.47 Å². The van der Waals surface area contributed by atoms with Crippen LogP contribution < -0.4 is 14.8 Å². The lowest BCUT2D eigenvalue weighted by molar-refractivity contribution is 0.414. The summed E-state index contributed by atoms with van der Waals surface area (Å²) in [4.78, 5) is 4.63. The summed E-state index contributed by atoms with van der Waals surface area (Å²) >= 11 is 3.79. The Hall–Kier alpha value is -2.99. The molecule has 0 aliphatic carbocycles. The van der Waals surface area contributed by atoms with E-state index in [0.29, 0.717) is 6.54 Å². The molecule has 0 saturated carbocycles. The molecular formula is C23H22BrN3O2. The Labute approximate surface area is 178 Å².